The quantitative estimate of drug-likeness (QED) is 0.511. The first kappa shape index (κ1) is 18.5. The Kier molecular flexibility index (Phi) is 4.74. The lowest BCUT2D eigenvalue weighted by molar-refractivity contribution is 0.569. The summed E-state index contributed by atoms with van der Waals surface area (Å²) in [7, 11) is 0. The summed E-state index contributed by atoms with van der Waals surface area (Å²) in [5.74, 6) is 0.312. The van der Waals surface area contributed by atoms with Gasteiger partial charge in [0.25, 0.3) is 0 Å². The molecule has 6 nitrogen and oxygen atoms in total. The smallest absolute Gasteiger partial charge is 0.245 e. The molecule has 1 fully saturated rings. The van der Waals surface area contributed by atoms with Crippen molar-refractivity contribution in [2.75, 3.05) is 18.0 Å². The maximum Gasteiger partial charge on any atom is 0.245 e. The molecule has 5 rings (SSSR count). The highest BCUT2D eigenvalue weighted by atomic mass is 19.1. The zero-order valence-electron chi connectivity index (χ0n) is 16.2. The standard InChI is InChI=1S/C22H20F2N6/c23-15-7-4-14(5-8-15)6-9-19-17-12-16(18(24)13-20(17)27-26-19)21-25-22(29-28-21)30-10-2-1-3-11-30/h4-9,12-13H,1-3,10-11H2,(H,26,27)(H,25,28,29)/b9-6+. The largest absolute Gasteiger partial charge is 0.340 e. The van der Waals surface area contributed by atoms with Gasteiger partial charge in [-0.15, -0.1) is 5.10 Å². The van der Waals surface area contributed by atoms with Crippen LogP contribution in [0.4, 0.5) is 14.7 Å². The van der Waals surface area contributed by atoms with Gasteiger partial charge in [0.15, 0.2) is 5.82 Å². The SMILES string of the molecule is Fc1ccc(/C=C/c2n[nH]c3cc(F)c(-c4nc(N5CCCCC5)n[nH]4)cc23)cc1. The Bertz CT molecular complexity index is 1200. The van der Waals surface area contributed by atoms with Gasteiger partial charge in [-0.05, 0) is 49.1 Å². The average Bonchev–Trinajstić information content (AvgIpc) is 3.40. The third-order valence-corrected chi connectivity index (χ3v) is 5.35. The Morgan fingerprint density at radius 2 is 1.70 bits per heavy atom. The molecule has 4 aromatic rings. The average molecular weight is 406 g/mol. The van der Waals surface area contributed by atoms with Crippen LogP contribution in [0.2, 0.25) is 0 Å². The Morgan fingerprint density at radius 1 is 0.900 bits per heavy atom. The Morgan fingerprint density at radius 3 is 2.50 bits per heavy atom. The van der Waals surface area contributed by atoms with Gasteiger partial charge in [0.05, 0.1) is 16.8 Å². The number of nitrogens with zero attached hydrogens (tertiary/aromatic N) is 4. The van der Waals surface area contributed by atoms with E-state index in [0.29, 0.717) is 28.5 Å². The number of anilines is 1. The second kappa shape index (κ2) is 7.70. The molecular formula is C22H20F2N6. The molecule has 1 aliphatic heterocycles. The molecule has 0 radical (unpaired) electrons. The van der Waals surface area contributed by atoms with Crippen molar-refractivity contribution >= 4 is 29.0 Å². The predicted octanol–water partition coefficient (Wildman–Crippen LogP) is 4.79. The third-order valence-electron chi connectivity index (χ3n) is 5.35. The molecule has 8 heteroatoms. The summed E-state index contributed by atoms with van der Waals surface area (Å²) < 4.78 is 27.8. The molecule has 0 atom stereocenters. The van der Waals surface area contributed by atoms with E-state index < -0.39 is 5.82 Å². The second-order valence-electron chi connectivity index (χ2n) is 7.40. The number of hydrogen-bond donors (Lipinski definition) is 2. The van der Waals surface area contributed by atoms with Crippen molar-refractivity contribution in [2.45, 2.75) is 19.3 Å². The minimum atomic E-state index is -0.401. The summed E-state index contributed by atoms with van der Waals surface area (Å²) in [6.45, 7) is 1.83. The maximum atomic E-state index is 14.8. The van der Waals surface area contributed by atoms with Crippen LogP contribution in [0.5, 0.6) is 0 Å². The van der Waals surface area contributed by atoms with Gasteiger partial charge in [0.2, 0.25) is 5.95 Å². The van der Waals surface area contributed by atoms with Crippen LogP contribution in [-0.2, 0) is 0 Å². The third kappa shape index (κ3) is 3.56. The first-order chi connectivity index (χ1) is 14.7. The first-order valence-electron chi connectivity index (χ1n) is 9.96. The van der Waals surface area contributed by atoms with Crippen molar-refractivity contribution in [2.24, 2.45) is 0 Å². The molecule has 3 heterocycles. The van der Waals surface area contributed by atoms with Gasteiger partial charge >= 0.3 is 0 Å². The molecule has 152 valence electrons. The molecule has 1 aliphatic rings. The van der Waals surface area contributed by atoms with Gasteiger partial charge in [-0.3, -0.25) is 10.2 Å². The predicted molar refractivity (Wildman–Crippen MR) is 113 cm³/mol. The van der Waals surface area contributed by atoms with Crippen LogP contribution in [0.1, 0.15) is 30.5 Å². The van der Waals surface area contributed by atoms with Gasteiger partial charge in [-0.2, -0.15) is 10.1 Å². The second-order valence-corrected chi connectivity index (χ2v) is 7.40. The molecule has 2 N–H and O–H groups in total. The molecule has 0 saturated carbocycles. The van der Waals surface area contributed by atoms with E-state index in [1.54, 1.807) is 18.2 Å². The normalized spacial score (nSPS) is 14.8. The number of hydrogen-bond acceptors (Lipinski definition) is 4. The molecule has 1 saturated heterocycles. The van der Waals surface area contributed by atoms with Crippen LogP contribution >= 0.6 is 0 Å². The zero-order valence-corrected chi connectivity index (χ0v) is 16.2. The number of nitrogens with one attached hydrogen (secondary N) is 2. The van der Waals surface area contributed by atoms with Crippen molar-refractivity contribution in [3.05, 3.63) is 59.3 Å². The van der Waals surface area contributed by atoms with Gasteiger partial charge < -0.3 is 4.90 Å². The minimum Gasteiger partial charge on any atom is -0.340 e. The van der Waals surface area contributed by atoms with Crippen molar-refractivity contribution in [1.29, 1.82) is 0 Å². The maximum absolute atomic E-state index is 14.8. The van der Waals surface area contributed by atoms with Crippen LogP contribution in [0, 0.1) is 11.6 Å². The van der Waals surface area contributed by atoms with Gasteiger partial charge in [-0.25, -0.2) is 8.78 Å². The molecule has 2 aromatic heterocycles. The molecule has 0 amide bonds. The number of piperidine rings is 1. The lowest BCUT2D eigenvalue weighted by Gasteiger charge is -2.24. The van der Waals surface area contributed by atoms with E-state index in [1.165, 1.54) is 24.6 Å². The fourth-order valence-electron chi connectivity index (χ4n) is 3.72. The number of fused-ring (bicyclic) bond motifs is 1. The van der Waals surface area contributed by atoms with Crippen LogP contribution in [0.25, 0.3) is 34.4 Å². The Labute approximate surface area is 171 Å². The number of aromatic amines is 2. The van der Waals surface area contributed by atoms with Crippen molar-refractivity contribution < 1.29 is 8.78 Å². The van der Waals surface area contributed by atoms with Crippen LogP contribution in [0.15, 0.2) is 36.4 Å². The molecule has 0 spiro atoms. The first-order valence-corrected chi connectivity index (χ1v) is 9.96. The summed E-state index contributed by atoms with van der Waals surface area (Å²) in [6, 6.07) is 9.30. The molecule has 2 aromatic carbocycles. The fourth-order valence-corrected chi connectivity index (χ4v) is 3.72. The van der Waals surface area contributed by atoms with E-state index in [0.717, 1.165) is 36.9 Å². The van der Waals surface area contributed by atoms with E-state index in [-0.39, 0.29) is 5.82 Å². The fraction of sp³-hybridized carbons (Fsp3) is 0.227. The molecule has 0 bridgehead atoms. The Balaban J connectivity index is 1.47. The summed E-state index contributed by atoms with van der Waals surface area (Å²) in [5.41, 5.74) is 2.43. The summed E-state index contributed by atoms with van der Waals surface area (Å²) in [6.07, 6.45) is 7.09. The number of rotatable bonds is 4. The van der Waals surface area contributed by atoms with Crippen LogP contribution in [0.3, 0.4) is 0 Å². The monoisotopic (exact) mass is 406 g/mol. The topological polar surface area (TPSA) is 73.5 Å². The van der Waals surface area contributed by atoms with E-state index >= 15 is 0 Å². The van der Waals surface area contributed by atoms with Crippen molar-refractivity contribution in [3.63, 3.8) is 0 Å². The van der Waals surface area contributed by atoms with Crippen molar-refractivity contribution in [1.82, 2.24) is 25.4 Å². The zero-order chi connectivity index (χ0) is 20.5. The van der Waals surface area contributed by atoms with Crippen LogP contribution < -0.4 is 4.90 Å². The van der Waals surface area contributed by atoms with E-state index in [2.05, 4.69) is 30.3 Å². The molecular weight excluding hydrogens is 386 g/mol. The highest BCUT2D eigenvalue weighted by Gasteiger charge is 2.18. The summed E-state index contributed by atoms with van der Waals surface area (Å²) >= 11 is 0. The van der Waals surface area contributed by atoms with E-state index in [4.69, 9.17) is 0 Å². The highest BCUT2D eigenvalue weighted by Crippen LogP contribution is 2.28. The summed E-state index contributed by atoms with van der Waals surface area (Å²) in [5, 5.41) is 15.1. The number of halogens is 2. The lowest BCUT2D eigenvalue weighted by Crippen LogP contribution is -2.30. The van der Waals surface area contributed by atoms with Crippen LogP contribution in [-0.4, -0.2) is 38.5 Å². The van der Waals surface area contributed by atoms with Gasteiger partial charge in [-0.1, -0.05) is 18.2 Å². The number of benzene rings is 2. The minimum absolute atomic E-state index is 0.284. The molecule has 0 aliphatic carbocycles. The van der Waals surface area contributed by atoms with E-state index in [1.807, 2.05) is 12.2 Å². The molecule has 30 heavy (non-hydrogen) atoms. The van der Waals surface area contributed by atoms with Crippen molar-refractivity contribution in [3.8, 4) is 11.4 Å². The highest BCUT2D eigenvalue weighted by molar-refractivity contribution is 5.92. The van der Waals surface area contributed by atoms with Gasteiger partial charge in [0.1, 0.15) is 11.6 Å². The van der Waals surface area contributed by atoms with Gasteiger partial charge in [0, 0.05) is 24.5 Å². The molecule has 0 unspecified atom stereocenters. The Hall–Kier alpha value is -3.55. The number of H-pyrrole nitrogens is 2. The number of aromatic nitrogens is 5. The summed E-state index contributed by atoms with van der Waals surface area (Å²) in [4.78, 5) is 6.64. The van der Waals surface area contributed by atoms with E-state index in [9.17, 15) is 8.78 Å². The lowest BCUT2D eigenvalue weighted by atomic mass is 10.1.